The molecule has 0 aliphatic rings. The number of phenols is 2. The summed E-state index contributed by atoms with van der Waals surface area (Å²) in [6.45, 7) is 0. The van der Waals surface area contributed by atoms with Gasteiger partial charge in [0.2, 0.25) is 5.43 Å². The third-order valence-electron chi connectivity index (χ3n) is 3.80. The highest BCUT2D eigenvalue weighted by Gasteiger charge is 2.16. The number of carbonyl (C=O) groups is 2. The fourth-order valence-electron chi connectivity index (χ4n) is 2.58. The summed E-state index contributed by atoms with van der Waals surface area (Å²) in [6.07, 6.45) is 4.32. The largest absolute Gasteiger partial charge is 0.504 e. The van der Waals surface area contributed by atoms with Crippen molar-refractivity contribution in [3.05, 3.63) is 63.9 Å². The lowest BCUT2D eigenvalue weighted by Crippen LogP contribution is -2.01. The SMILES string of the molecule is O=C(O)/C=C/Cc1ccc2c(C/C=C/C(=O)O)cc(O)c(O)c2c(=O)c1O. The van der Waals surface area contributed by atoms with Crippen LogP contribution in [0.5, 0.6) is 17.2 Å². The number of allylic oxidation sites excluding steroid dienone is 2. The summed E-state index contributed by atoms with van der Waals surface area (Å²) in [7, 11) is 0. The van der Waals surface area contributed by atoms with Gasteiger partial charge >= 0.3 is 11.9 Å². The molecule has 8 nitrogen and oxygen atoms in total. The summed E-state index contributed by atoms with van der Waals surface area (Å²) >= 11 is 0. The van der Waals surface area contributed by atoms with E-state index in [9.17, 15) is 29.7 Å². The minimum Gasteiger partial charge on any atom is -0.504 e. The lowest BCUT2D eigenvalue weighted by Gasteiger charge is -2.06. The van der Waals surface area contributed by atoms with E-state index >= 15 is 0 Å². The fourth-order valence-corrected chi connectivity index (χ4v) is 2.58. The third kappa shape index (κ3) is 4.43. The Kier molecular flexibility index (Phi) is 5.82. The van der Waals surface area contributed by atoms with E-state index in [0.717, 1.165) is 12.2 Å². The number of hydrogen-bond acceptors (Lipinski definition) is 6. The van der Waals surface area contributed by atoms with Gasteiger partial charge in [-0.05, 0) is 29.9 Å². The zero-order valence-electron chi connectivity index (χ0n) is 13.9. The molecule has 0 radical (unpaired) electrons. The summed E-state index contributed by atoms with van der Waals surface area (Å²) in [6, 6.07) is 4.03. The normalized spacial score (nSPS) is 11.4. The maximum absolute atomic E-state index is 12.6. The van der Waals surface area contributed by atoms with Gasteiger partial charge in [-0.3, -0.25) is 4.79 Å². The first-order chi connectivity index (χ1) is 12.7. The van der Waals surface area contributed by atoms with Gasteiger partial charge in [0.1, 0.15) is 0 Å². The molecule has 0 saturated heterocycles. The predicted octanol–water partition coefficient (Wildman–Crippen LogP) is 1.68. The number of carboxylic acid groups (broad SMARTS) is 2. The van der Waals surface area contributed by atoms with Crippen LogP contribution in [0.15, 0.2) is 47.3 Å². The summed E-state index contributed by atoms with van der Waals surface area (Å²) in [5, 5.41) is 47.4. The van der Waals surface area contributed by atoms with Gasteiger partial charge in [0.05, 0.1) is 5.39 Å². The van der Waals surface area contributed by atoms with Crippen LogP contribution in [-0.2, 0) is 22.4 Å². The molecule has 8 heteroatoms. The number of fused-ring (bicyclic) bond motifs is 1. The van der Waals surface area contributed by atoms with Crippen LogP contribution < -0.4 is 5.43 Å². The smallest absolute Gasteiger partial charge is 0.327 e. The molecule has 140 valence electrons. The van der Waals surface area contributed by atoms with Gasteiger partial charge in [0.15, 0.2) is 17.2 Å². The summed E-state index contributed by atoms with van der Waals surface area (Å²) in [4.78, 5) is 33.7. The molecule has 2 rings (SSSR count). The van der Waals surface area contributed by atoms with Crippen LogP contribution in [0.3, 0.4) is 0 Å². The number of hydrogen-bond donors (Lipinski definition) is 5. The number of benzene rings is 1. The quantitative estimate of drug-likeness (QED) is 0.379. The van der Waals surface area contributed by atoms with Gasteiger partial charge in [0.25, 0.3) is 0 Å². The summed E-state index contributed by atoms with van der Waals surface area (Å²) < 4.78 is 0. The molecular weight excluding hydrogens is 356 g/mol. The van der Waals surface area contributed by atoms with Gasteiger partial charge in [-0.1, -0.05) is 24.3 Å². The van der Waals surface area contributed by atoms with E-state index in [1.165, 1.54) is 30.4 Å². The first-order valence-electron chi connectivity index (χ1n) is 7.74. The molecule has 0 spiro atoms. The van der Waals surface area contributed by atoms with E-state index in [2.05, 4.69) is 0 Å². The maximum atomic E-state index is 12.6. The Bertz CT molecular complexity index is 1030. The van der Waals surface area contributed by atoms with Crippen molar-refractivity contribution in [1.82, 2.24) is 0 Å². The molecule has 5 N–H and O–H groups in total. The lowest BCUT2D eigenvalue weighted by atomic mass is 10.0. The van der Waals surface area contributed by atoms with Crippen LogP contribution >= 0.6 is 0 Å². The van der Waals surface area contributed by atoms with Crippen LogP contribution in [0.2, 0.25) is 0 Å². The van der Waals surface area contributed by atoms with Gasteiger partial charge in [-0.2, -0.15) is 0 Å². The lowest BCUT2D eigenvalue weighted by molar-refractivity contribution is -0.132. The highest BCUT2D eigenvalue weighted by Crippen LogP contribution is 2.35. The molecule has 0 fully saturated rings. The monoisotopic (exact) mass is 372 g/mol. The van der Waals surface area contributed by atoms with Crippen molar-refractivity contribution in [1.29, 1.82) is 0 Å². The molecule has 0 bridgehead atoms. The molecule has 0 heterocycles. The molecule has 0 aromatic heterocycles. The van der Waals surface area contributed by atoms with Crippen LogP contribution in [-0.4, -0.2) is 37.5 Å². The molecule has 2 aromatic rings. The molecule has 0 unspecified atom stereocenters. The summed E-state index contributed by atoms with van der Waals surface area (Å²) in [5.74, 6) is -4.33. The number of carboxylic acids is 2. The van der Waals surface area contributed by atoms with E-state index in [1.807, 2.05) is 0 Å². The molecule has 0 aliphatic carbocycles. The minimum absolute atomic E-state index is 0.0463. The van der Waals surface area contributed by atoms with Crippen molar-refractivity contribution in [3.8, 4) is 17.2 Å². The second kappa shape index (κ2) is 8.05. The third-order valence-corrected chi connectivity index (χ3v) is 3.80. The van der Waals surface area contributed by atoms with Gasteiger partial charge in [-0.25, -0.2) is 9.59 Å². The van der Waals surface area contributed by atoms with Crippen molar-refractivity contribution in [2.75, 3.05) is 0 Å². The molecule has 2 aromatic carbocycles. The maximum Gasteiger partial charge on any atom is 0.327 e. The van der Waals surface area contributed by atoms with Crippen LogP contribution in [0.1, 0.15) is 11.1 Å². The van der Waals surface area contributed by atoms with Crippen LogP contribution in [0.25, 0.3) is 10.8 Å². The number of aliphatic carboxylic acids is 2. The summed E-state index contributed by atoms with van der Waals surface area (Å²) in [5.41, 5.74) is -0.456. The Morgan fingerprint density at radius 2 is 1.41 bits per heavy atom. The van der Waals surface area contributed by atoms with Crippen LogP contribution in [0.4, 0.5) is 0 Å². The Labute approximate surface area is 152 Å². The molecule has 0 amide bonds. The van der Waals surface area contributed by atoms with E-state index in [0.29, 0.717) is 5.56 Å². The molecule has 0 aliphatic heterocycles. The average Bonchev–Trinajstić information content (AvgIpc) is 2.70. The van der Waals surface area contributed by atoms with Crippen molar-refractivity contribution in [2.45, 2.75) is 12.8 Å². The van der Waals surface area contributed by atoms with E-state index in [-0.39, 0.29) is 29.2 Å². The highest BCUT2D eigenvalue weighted by atomic mass is 16.4. The Morgan fingerprint density at radius 3 is 1.96 bits per heavy atom. The number of phenolic OH excluding ortho intramolecular Hbond substituents is 2. The Morgan fingerprint density at radius 1 is 0.852 bits per heavy atom. The van der Waals surface area contributed by atoms with Crippen molar-refractivity contribution in [3.63, 3.8) is 0 Å². The van der Waals surface area contributed by atoms with E-state index in [4.69, 9.17) is 10.2 Å². The van der Waals surface area contributed by atoms with E-state index in [1.54, 1.807) is 0 Å². The van der Waals surface area contributed by atoms with Crippen molar-refractivity contribution < 1.29 is 35.1 Å². The second-order valence-corrected chi connectivity index (χ2v) is 5.62. The van der Waals surface area contributed by atoms with Crippen LogP contribution in [0, 0.1) is 0 Å². The van der Waals surface area contributed by atoms with E-state index < -0.39 is 34.6 Å². The first-order valence-corrected chi connectivity index (χ1v) is 7.74. The molecule has 0 saturated carbocycles. The molecular formula is C19H16O8. The van der Waals surface area contributed by atoms with Crippen molar-refractivity contribution >= 4 is 22.7 Å². The van der Waals surface area contributed by atoms with Gasteiger partial charge in [0, 0.05) is 17.7 Å². The molecule has 0 atom stereocenters. The zero-order valence-corrected chi connectivity index (χ0v) is 13.9. The zero-order chi connectivity index (χ0) is 20.1. The van der Waals surface area contributed by atoms with Crippen molar-refractivity contribution in [2.24, 2.45) is 0 Å². The molecule has 27 heavy (non-hydrogen) atoms. The first kappa shape index (κ1) is 19.5. The average molecular weight is 372 g/mol. The Balaban J connectivity index is 2.71. The number of rotatable bonds is 6. The number of aromatic hydroxyl groups is 3. The highest BCUT2D eigenvalue weighted by molar-refractivity contribution is 5.93. The van der Waals surface area contributed by atoms with Gasteiger partial charge < -0.3 is 25.5 Å². The van der Waals surface area contributed by atoms with Gasteiger partial charge in [-0.15, -0.1) is 0 Å². The minimum atomic E-state index is -1.18. The second-order valence-electron chi connectivity index (χ2n) is 5.62. The standard InChI is InChI=1S/C19H16O8/c20-13-9-11(4-2-6-15(23)24)12-8-7-10(3-1-5-14(21)22)17(25)19(27)16(12)18(13)26/h1-2,5-9,20,26H,3-4H2,(H,21,22)(H,23,24)(H,25,27)/b5-1+,6-2+. The Hall–Kier alpha value is -3.81. The fraction of sp³-hybridized carbons (Fsp3) is 0.105. The predicted molar refractivity (Wildman–Crippen MR) is 96.2 cm³/mol. The topological polar surface area (TPSA) is 152 Å².